The highest BCUT2D eigenvalue weighted by Crippen LogP contribution is 2.32. The van der Waals surface area contributed by atoms with Crippen LogP contribution in [0.4, 0.5) is 0 Å². The molecule has 158 valence electrons. The molecular formula is C27H44O. The minimum atomic E-state index is 0.505. The summed E-state index contributed by atoms with van der Waals surface area (Å²) < 4.78 is 5.87. The molecule has 0 aromatic carbocycles. The Morgan fingerprint density at radius 3 is 1.89 bits per heavy atom. The van der Waals surface area contributed by atoms with E-state index in [-0.39, 0.29) is 0 Å². The van der Waals surface area contributed by atoms with Gasteiger partial charge in [0.1, 0.15) is 0 Å². The van der Waals surface area contributed by atoms with Crippen LogP contribution >= 0.6 is 0 Å². The molecule has 0 atom stereocenters. The topological polar surface area (TPSA) is 9.23 Å². The van der Waals surface area contributed by atoms with Crippen LogP contribution in [0.15, 0.2) is 24.3 Å². The van der Waals surface area contributed by atoms with Gasteiger partial charge in [0.05, 0.1) is 6.10 Å². The van der Waals surface area contributed by atoms with Gasteiger partial charge in [-0.2, -0.15) is 0 Å². The van der Waals surface area contributed by atoms with Gasteiger partial charge >= 0.3 is 0 Å². The van der Waals surface area contributed by atoms with Crippen LogP contribution in [0.1, 0.15) is 104 Å². The largest absolute Gasteiger partial charge is 0.378 e. The molecule has 0 amide bonds. The summed E-state index contributed by atoms with van der Waals surface area (Å²) in [5, 5.41) is 0. The molecule has 0 saturated heterocycles. The minimum Gasteiger partial charge on any atom is -0.378 e. The van der Waals surface area contributed by atoms with Gasteiger partial charge in [-0.1, -0.05) is 69.9 Å². The molecule has 0 aromatic rings. The van der Waals surface area contributed by atoms with Crippen molar-refractivity contribution in [3.05, 3.63) is 24.3 Å². The Hall–Kier alpha value is -1.00. The molecule has 0 spiro atoms. The van der Waals surface area contributed by atoms with Crippen molar-refractivity contribution in [2.24, 2.45) is 17.8 Å². The molecule has 2 aliphatic rings. The van der Waals surface area contributed by atoms with Crippen LogP contribution in [-0.2, 0) is 4.74 Å². The molecule has 0 heterocycles. The molecular weight excluding hydrogens is 340 g/mol. The van der Waals surface area contributed by atoms with E-state index in [4.69, 9.17) is 4.74 Å². The van der Waals surface area contributed by atoms with Crippen molar-refractivity contribution in [3.63, 3.8) is 0 Å². The number of ether oxygens (including phenoxy) is 1. The predicted octanol–water partition coefficient (Wildman–Crippen LogP) is 7.86. The molecule has 1 nitrogen and oxygen atoms in total. The van der Waals surface area contributed by atoms with E-state index in [1.165, 1.54) is 83.5 Å². The Morgan fingerprint density at radius 1 is 0.714 bits per heavy atom. The van der Waals surface area contributed by atoms with Crippen LogP contribution in [0.3, 0.4) is 0 Å². The average molecular weight is 385 g/mol. The normalized spacial score (nSPS) is 28.5. The van der Waals surface area contributed by atoms with E-state index < -0.39 is 0 Å². The molecule has 0 aromatic heterocycles. The number of allylic oxidation sites excluding steroid dienone is 4. The first-order valence-electron chi connectivity index (χ1n) is 12.3. The summed E-state index contributed by atoms with van der Waals surface area (Å²) >= 11 is 0. The van der Waals surface area contributed by atoms with Gasteiger partial charge < -0.3 is 4.74 Å². The predicted molar refractivity (Wildman–Crippen MR) is 122 cm³/mol. The average Bonchev–Trinajstić information content (AvgIpc) is 2.74. The molecule has 2 rings (SSSR count). The quantitative estimate of drug-likeness (QED) is 0.275. The molecule has 28 heavy (non-hydrogen) atoms. The van der Waals surface area contributed by atoms with Crippen molar-refractivity contribution >= 4 is 0 Å². The van der Waals surface area contributed by atoms with Crippen molar-refractivity contribution < 1.29 is 4.74 Å². The second-order valence-electron chi connectivity index (χ2n) is 9.04. The molecule has 0 radical (unpaired) electrons. The standard InChI is InChI=1S/C27H44O/c1-3-5-6-9-12-24-15-17-25(18-16-24)13-10-7-8-11-14-26-19-21-27(22-20-26)28-23-4-2/h10-11,13-14,24-27H,3-6,9,12,15-23H2,1-2H3/t24-,25-,26-,27-. The molecule has 2 saturated carbocycles. The highest BCUT2D eigenvalue weighted by molar-refractivity contribution is 5.24. The monoisotopic (exact) mass is 384 g/mol. The number of unbranched alkanes of at least 4 members (excludes halogenated alkanes) is 3. The highest BCUT2D eigenvalue weighted by atomic mass is 16.5. The number of hydrogen-bond acceptors (Lipinski definition) is 1. The van der Waals surface area contributed by atoms with Crippen LogP contribution < -0.4 is 0 Å². The SMILES string of the molecule is CCCCCC[C@H]1CC[C@H](C=CC#CC=C[C@H]2CC[C@H](OCCC)CC2)CC1. The lowest BCUT2D eigenvalue weighted by Gasteiger charge is -2.26. The minimum absolute atomic E-state index is 0.505. The van der Waals surface area contributed by atoms with Gasteiger partial charge in [0, 0.05) is 6.61 Å². The third kappa shape index (κ3) is 9.97. The Kier molecular flexibility index (Phi) is 12.4. The fourth-order valence-electron chi connectivity index (χ4n) is 4.73. The van der Waals surface area contributed by atoms with E-state index >= 15 is 0 Å². The van der Waals surface area contributed by atoms with Crippen LogP contribution in [0.2, 0.25) is 0 Å². The van der Waals surface area contributed by atoms with E-state index in [0.29, 0.717) is 12.0 Å². The van der Waals surface area contributed by atoms with Gasteiger partial charge in [0.15, 0.2) is 0 Å². The van der Waals surface area contributed by atoms with E-state index in [1.807, 2.05) is 0 Å². The van der Waals surface area contributed by atoms with Gasteiger partial charge in [0.25, 0.3) is 0 Å². The zero-order valence-electron chi connectivity index (χ0n) is 18.6. The Bertz CT molecular complexity index is 490. The maximum absolute atomic E-state index is 5.87. The van der Waals surface area contributed by atoms with E-state index in [9.17, 15) is 0 Å². The first-order valence-corrected chi connectivity index (χ1v) is 12.3. The second kappa shape index (κ2) is 14.9. The second-order valence-corrected chi connectivity index (χ2v) is 9.04. The van der Waals surface area contributed by atoms with Crippen LogP contribution in [0.5, 0.6) is 0 Å². The smallest absolute Gasteiger partial charge is 0.0575 e. The van der Waals surface area contributed by atoms with E-state index in [2.05, 4.69) is 50.0 Å². The van der Waals surface area contributed by atoms with Gasteiger partial charge in [0.2, 0.25) is 0 Å². The van der Waals surface area contributed by atoms with Crippen LogP contribution in [-0.4, -0.2) is 12.7 Å². The zero-order valence-corrected chi connectivity index (χ0v) is 18.6. The Balaban J connectivity index is 1.55. The van der Waals surface area contributed by atoms with Gasteiger partial charge in [-0.05, 0) is 87.7 Å². The first-order chi connectivity index (χ1) is 13.8. The number of hydrogen-bond donors (Lipinski definition) is 0. The lowest BCUT2D eigenvalue weighted by molar-refractivity contribution is 0.0227. The molecule has 1 heteroatoms. The lowest BCUT2D eigenvalue weighted by atomic mass is 9.79. The summed E-state index contributed by atoms with van der Waals surface area (Å²) in [6, 6.07) is 0. The van der Waals surface area contributed by atoms with Crippen LogP contribution in [0.25, 0.3) is 0 Å². The summed E-state index contributed by atoms with van der Waals surface area (Å²) in [5.74, 6) is 8.91. The van der Waals surface area contributed by atoms with Crippen molar-refractivity contribution in [1.82, 2.24) is 0 Å². The van der Waals surface area contributed by atoms with Gasteiger partial charge in [-0.25, -0.2) is 0 Å². The van der Waals surface area contributed by atoms with E-state index in [0.717, 1.165) is 24.9 Å². The van der Waals surface area contributed by atoms with Crippen molar-refractivity contribution in [3.8, 4) is 11.8 Å². The third-order valence-corrected chi connectivity index (χ3v) is 6.62. The molecule has 2 fully saturated rings. The summed E-state index contributed by atoms with van der Waals surface area (Å²) in [6.07, 6.45) is 28.2. The van der Waals surface area contributed by atoms with Crippen molar-refractivity contribution in [2.75, 3.05) is 6.61 Å². The molecule has 0 N–H and O–H groups in total. The maximum atomic E-state index is 5.87. The van der Waals surface area contributed by atoms with Crippen molar-refractivity contribution in [2.45, 2.75) is 110 Å². The molecule has 0 unspecified atom stereocenters. The van der Waals surface area contributed by atoms with E-state index in [1.54, 1.807) is 0 Å². The van der Waals surface area contributed by atoms with Crippen LogP contribution in [0, 0.1) is 29.6 Å². The molecule has 0 aliphatic heterocycles. The fourth-order valence-corrected chi connectivity index (χ4v) is 4.73. The van der Waals surface area contributed by atoms with Gasteiger partial charge in [-0.3, -0.25) is 0 Å². The van der Waals surface area contributed by atoms with Gasteiger partial charge in [-0.15, -0.1) is 0 Å². The Labute approximate surface area is 175 Å². The lowest BCUT2D eigenvalue weighted by Crippen LogP contribution is -2.21. The first kappa shape index (κ1) is 23.3. The maximum Gasteiger partial charge on any atom is 0.0575 e. The summed E-state index contributed by atoms with van der Waals surface area (Å²) in [6.45, 7) is 5.40. The Morgan fingerprint density at radius 2 is 1.32 bits per heavy atom. The van der Waals surface area contributed by atoms with Crippen molar-refractivity contribution in [1.29, 1.82) is 0 Å². The highest BCUT2D eigenvalue weighted by Gasteiger charge is 2.20. The molecule has 2 aliphatic carbocycles. The zero-order chi connectivity index (χ0) is 19.9. The number of rotatable bonds is 10. The summed E-state index contributed by atoms with van der Waals surface area (Å²) in [5.41, 5.74) is 0. The fraction of sp³-hybridized carbons (Fsp3) is 0.778. The third-order valence-electron chi connectivity index (χ3n) is 6.62. The summed E-state index contributed by atoms with van der Waals surface area (Å²) in [7, 11) is 0. The molecule has 0 bridgehead atoms. The summed E-state index contributed by atoms with van der Waals surface area (Å²) in [4.78, 5) is 0.